The summed E-state index contributed by atoms with van der Waals surface area (Å²) in [5, 5.41) is 0.796. The molecule has 0 spiro atoms. The molecule has 1 fully saturated rings. The van der Waals surface area contributed by atoms with Gasteiger partial charge in [0.1, 0.15) is 5.82 Å². The number of aromatic nitrogens is 2. The van der Waals surface area contributed by atoms with Crippen LogP contribution in [0.5, 0.6) is 0 Å². The number of hydrogen-bond donors (Lipinski definition) is 1. The zero-order valence-corrected chi connectivity index (χ0v) is 15.2. The highest BCUT2D eigenvalue weighted by Crippen LogP contribution is 2.36. The van der Waals surface area contributed by atoms with Crippen LogP contribution in [0.3, 0.4) is 0 Å². The van der Waals surface area contributed by atoms with Gasteiger partial charge in [0.05, 0.1) is 6.04 Å². The summed E-state index contributed by atoms with van der Waals surface area (Å²) >= 11 is 6.31. The van der Waals surface area contributed by atoms with Gasteiger partial charge in [-0.1, -0.05) is 37.4 Å². The Hall–Kier alpha value is -1.81. The Labute approximate surface area is 149 Å². The number of benzene rings is 1. The lowest BCUT2D eigenvalue weighted by atomic mass is 9.94. The maximum absolute atomic E-state index is 6.31. The smallest absolute Gasteiger partial charge is 0.222 e. The number of nitrogens with two attached hydrogens (primary N) is 1. The minimum atomic E-state index is 0.287. The van der Waals surface area contributed by atoms with E-state index >= 15 is 0 Å². The van der Waals surface area contributed by atoms with Gasteiger partial charge in [-0.3, -0.25) is 0 Å². The molecule has 1 atom stereocenters. The Bertz CT molecular complexity index is 696. The van der Waals surface area contributed by atoms with Gasteiger partial charge in [-0.2, -0.15) is 4.98 Å². The van der Waals surface area contributed by atoms with Crippen LogP contribution in [-0.2, 0) is 6.42 Å². The molecule has 4 nitrogen and oxygen atoms in total. The average Bonchev–Trinajstić information content (AvgIpc) is 2.79. The van der Waals surface area contributed by atoms with Crippen molar-refractivity contribution in [2.24, 2.45) is 0 Å². The van der Waals surface area contributed by atoms with Crippen LogP contribution >= 0.6 is 11.6 Å². The lowest BCUT2D eigenvalue weighted by Crippen LogP contribution is -2.30. The first-order valence-electron chi connectivity index (χ1n) is 8.74. The molecule has 2 N–H and O–H groups in total. The third kappa shape index (κ3) is 3.64. The molecule has 2 heterocycles. The third-order valence-electron chi connectivity index (χ3n) is 4.75. The van der Waals surface area contributed by atoms with Crippen LogP contribution in [0.4, 0.5) is 11.8 Å². The summed E-state index contributed by atoms with van der Waals surface area (Å²) < 4.78 is 0. The van der Waals surface area contributed by atoms with E-state index in [1.807, 2.05) is 19.1 Å². The molecule has 1 aromatic heterocycles. The number of nitrogen functional groups attached to an aromatic ring is 1. The monoisotopic (exact) mass is 344 g/mol. The van der Waals surface area contributed by atoms with Crippen molar-refractivity contribution in [1.29, 1.82) is 0 Å². The number of aryl methyl sites for hydroxylation is 2. The summed E-state index contributed by atoms with van der Waals surface area (Å²) in [5.41, 5.74) is 9.48. The standard InChI is InChI=1S/C19H25ClN4/c1-3-14-8-9-15(20)12-16(14)17-7-5-4-6-10-24(17)18-11-13(2)22-19(21)23-18/h8-9,11-12,17H,3-7,10H2,1-2H3,(H2,21,22,23). The minimum absolute atomic E-state index is 0.287. The van der Waals surface area contributed by atoms with Gasteiger partial charge in [-0.05, 0) is 49.4 Å². The highest BCUT2D eigenvalue weighted by molar-refractivity contribution is 6.30. The van der Waals surface area contributed by atoms with Crippen LogP contribution in [0.15, 0.2) is 24.3 Å². The molecule has 128 valence electrons. The SMILES string of the molecule is CCc1ccc(Cl)cc1C1CCCCCN1c1cc(C)nc(N)n1. The molecule has 0 radical (unpaired) electrons. The predicted octanol–water partition coefficient (Wildman–Crippen LogP) is 4.70. The van der Waals surface area contributed by atoms with Crippen LogP contribution in [0.2, 0.25) is 5.02 Å². The number of halogens is 1. The molecule has 3 rings (SSSR count). The number of nitrogens with zero attached hydrogens (tertiary/aromatic N) is 3. The summed E-state index contributed by atoms with van der Waals surface area (Å²) in [6.07, 6.45) is 5.74. The van der Waals surface area contributed by atoms with E-state index in [9.17, 15) is 0 Å². The largest absolute Gasteiger partial charge is 0.368 e. The molecule has 1 saturated heterocycles. The molecule has 5 heteroatoms. The molecule has 0 aliphatic carbocycles. The first-order valence-corrected chi connectivity index (χ1v) is 9.12. The lowest BCUT2D eigenvalue weighted by Gasteiger charge is -2.33. The van der Waals surface area contributed by atoms with Gasteiger partial charge in [-0.15, -0.1) is 0 Å². The Kier molecular flexibility index (Phi) is 5.24. The van der Waals surface area contributed by atoms with Crippen LogP contribution in [0.1, 0.15) is 55.5 Å². The second-order valence-electron chi connectivity index (χ2n) is 6.48. The number of anilines is 2. The van der Waals surface area contributed by atoms with E-state index in [2.05, 4.69) is 33.9 Å². The van der Waals surface area contributed by atoms with Crippen molar-refractivity contribution < 1.29 is 0 Å². The van der Waals surface area contributed by atoms with E-state index in [1.54, 1.807) is 0 Å². The van der Waals surface area contributed by atoms with E-state index in [4.69, 9.17) is 17.3 Å². The van der Waals surface area contributed by atoms with Crippen molar-refractivity contribution >= 4 is 23.4 Å². The molecule has 24 heavy (non-hydrogen) atoms. The van der Waals surface area contributed by atoms with Gasteiger partial charge in [0.15, 0.2) is 0 Å². The zero-order valence-electron chi connectivity index (χ0n) is 14.4. The van der Waals surface area contributed by atoms with E-state index in [0.717, 1.165) is 35.9 Å². The van der Waals surface area contributed by atoms with Gasteiger partial charge in [-0.25, -0.2) is 4.98 Å². The normalized spacial score (nSPS) is 18.5. The summed E-state index contributed by atoms with van der Waals surface area (Å²) in [6.45, 7) is 5.14. The first kappa shape index (κ1) is 17.0. The fourth-order valence-corrected chi connectivity index (χ4v) is 3.81. The van der Waals surface area contributed by atoms with Crippen LogP contribution in [-0.4, -0.2) is 16.5 Å². The Morgan fingerprint density at radius 3 is 2.79 bits per heavy atom. The molecular formula is C19H25ClN4. The molecule has 1 unspecified atom stereocenters. The number of hydrogen-bond acceptors (Lipinski definition) is 4. The molecule has 0 bridgehead atoms. The van der Waals surface area contributed by atoms with Crippen LogP contribution in [0.25, 0.3) is 0 Å². The van der Waals surface area contributed by atoms with Crippen molar-refractivity contribution in [3.63, 3.8) is 0 Å². The molecule has 1 aliphatic heterocycles. The van der Waals surface area contributed by atoms with E-state index in [0.29, 0.717) is 5.95 Å². The molecule has 2 aromatic rings. The van der Waals surface area contributed by atoms with Gasteiger partial charge >= 0.3 is 0 Å². The second kappa shape index (κ2) is 7.39. The van der Waals surface area contributed by atoms with Crippen molar-refractivity contribution in [2.75, 3.05) is 17.2 Å². The highest BCUT2D eigenvalue weighted by atomic mass is 35.5. The van der Waals surface area contributed by atoms with Crippen LogP contribution in [0, 0.1) is 6.92 Å². The van der Waals surface area contributed by atoms with E-state index in [-0.39, 0.29) is 6.04 Å². The van der Waals surface area contributed by atoms with Crippen molar-refractivity contribution in [1.82, 2.24) is 9.97 Å². The first-order chi connectivity index (χ1) is 11.6. The molecule has 0 saturated carbocycles. The zero-order chi connectivity index (χ0) is 17.1. The Morgan fingerprint density at radius 2 is 2.04 bits per heavy atom. The maximum Gasteiger partial charge on any atom is 0.222 e. The average molecular weight is 345 g/mol. The molecule has 1 aliphatic rings. The summed E-state index contributed by atoms with van der Waals surface area (Å²) in [6, 6.07) is 8.58. The Morgan fingerprint density at radius 1 is 1.21 bits per heavy atom. The van der Waals surface area contributed by atoms with Gasteiger partial charge in [0.25, 0.3) is 0 Å². The molecule has 1 aromatic carbocycles. The summed E-state index contributed by atoms with van der Waals surface area (Å²) in [7, 11) is 0. The third-order valence-corrected chi connectivity index (χ3v) is 4.99. The van der Waals surface area contributed by atoms with Crippen LogP contribution < -0.4 is 10.6 Å². The van der Waals surface area contributed by atoms with Gasteiger partial charge < -0.3 is 10.6 Å². The summed E-state index contributed by atoms with van der Waals surface area (Å²) in [4.78, 5) is 11.1. The fourth-order valence-electron chi connectivity index (χ4n) is 3.63. The Balaban J connectivity index is 2.06. The highest BCUT2D eigenvalue weighted by Gasteiger charge is 2.26. The minimum Gasteiger partial charge on any atom is -0.368 e. The van der Waals surface area contributed by atoms with E-state index < -0.39 is 0 Å². The van der Waals surface area contributed by atoms with Crippen molar-refractivity contribution in [2.45, 2.75) is 52.0 Å². The van der Waals surface area contributed by atoms with Crippen molar-refractivity contribution in [3.05, 3.63) is 46.1 Å². The maximum atomic E-state index is 6.31. The number of rotatable bonds is 3. The van der Waals surface area contributed by atoms with Crippen molar-refractivity contribution in [3.8, 4) is 0 Å². The topological polar surface area (TPSA) is 55.0 Å². The second-order valence-corrected chi connectivity index (χ2v) is 6.92. The summed E-state index contributed by atoms with van der Waals surface area (Å²) in [5.74, 6) is 1.27. The quantitative estimate of drug-likeness (QED) is 0.876. The van der Waals surface area contributed by atoms with E-state index in [1.165, 1.54) is 30.4 Å². The van der Waals surface area contributed by atoms with Gasteiger partial charge in [0.2, 0.25) is 5.95 Å². The lowest BCUT2D eigenvalue weighted by molar-refractivity contribution is 0.592. The fraction of sp³-hybridized carbons (Fsp3) is 0.474. The molecular weight excluding hydrogens is 320 g/mol. The predicted molar refractivity (Wildman–Crippen MR) is 101 cm³/mol. The molecule has 0 amide bonds. The van der Waals surface area contributed by atoms with Gasteiger partial charge in [0, 0.05) is 23.3 Å².